The van der Waals surface area contributed by atoms with Gasteiger partial charge in [-0.3, -0.25) is 9.13 Å². The predicted molar refractivity (Wildman–Crippen MR) is 115 cm³/mol. The van der Waals surface area contributed by atoms with Gasteiger partial charge >= 0.3 is 5.69 Å². The third-order valence-corrected chi connectivity index (χ3v) is 5.98. The first-order chi connectivity index (χ1) is 13.3. The van der Waals surface area contributed by atoms with Crippen LogP contribution in [-0.4, -0.2) is 14.2 Å². The highest BCUT2D eigenvalue weighted by Gasteiger charge is 2.27. The highest BCUT2D eigenvalue weighted by molar-refractivity contribution is 6.49. The molecular formula is C21H15Cl3N2O2. The van der Waals surface area contributed by atoms with E-state index in [0.29, 0.717) is 22.4 Å². The van der Waals surface area contributed by atoms with Crippen molar-refractivity contribution in [3.05, 3.63) is 85.2 Å². The number of aromatic nitrogens is 2. The summed E-state index contributed by atoms with van der Waals surface area (Å²) in [4.78, 5) is 13.6. The van der Waals surface area contributed by atoms with Gasteiger partial charge in [0.05, 0.1) is 27.4 Å². The summed E-state index contributed by atoms with van der Waals surface area (Å²) in [6.45, 7) is 3.79. The van der Waals surface area contributed by atoms with E-state index in [4.69, 9.17) is 34.8 Å². The first-order valence-electron chi connectivity index (χ1n) is 8.49. The number of para-hydroxylation sites is 2. The Balaban J connectivity index is 2.31. The van der Waals surface area contributed by atoms with Crippen LogP contribution in [0.25, 0.3) is 22.4 Å². The van der Waals surface area contributed by atoms with Crippen LogP contribution in [0, 0.1) is 13.8 Å². The van der Waals surface area contributed by atoms with Crippen molar-refractivity contribution in [3.8, 4) is 17.1 Å². The molecule has 0 radical (unpaired) electrons. The largest absolute Gasteiger partial charge is 0.505 e. The first kappa shape index (κ1) is 18.9. The van der Waals surface area contributed by atoms with Crippen LogP contribution in [0.1, 0.15) is 11.1 Å². The molecule has 1 N–H and O–H groups in total. The monoisotopic (exact) mass is 432 g/mol. The van der Waals surface area contributed by atoms with Crippen LogP contribution in [0.2, 0.25) is 15.1 Å². The van der Waals surface area contributed by atoms with Gasteiger partial charge in [0, 0.05) is 0 Å². The van der Waals surface area contributed by atoms with E-state index in [1.807, 2.05) is 62.4 Å². The average Bonchev–Trinajstić information content (AvgIpc) is 2.98. The highest BCUT2D eigenvalue weighted by atomic mass is 35.5. The molecule has 0 aliphatic heterocycles. The van der Waals surface area contributed by atoms with E-state index in [2.05, 4.69) is 0 Å². The van der Waals surface area contributed by atoms with E-state index in [1.165, 1.54) is 9.13 Å². The first-order valence-corrected chi connectivity index (χ1v) is 9.62. The molecule has 0 bridgehead atoms. The van der Waals surface area contributed by atoms with Crippen LogP contribution in [0.4, 0.5) is 0 Å². The number of halogens is 3. The van der Waals surface area contributed by atoms with Crippen molar-refractivity contribution in [1.29, 1.82) is 0 Å². The zero-order valence-corrected chi connectivity index (χ0v) is 17.3. The van der Waals surface area contributed by atoms with Gasteiger partial charge in [-0.25, -0.2) is 4.79 Å². The number of hydrogen-bond donors (Lipinski definition) is 1. The Labute approximate surface area is 176 Å². The van der Waals surface area contributed by atoms with E-state index in [9.17, 15) is 9.90 Å². The lowest BCUT2D eigenvalue weighted by atomic mass is 10.2. The molecule has 0 saturated heterocycles. The second-order valence-corrected chi connectivity index (χ2v) is 7.65. The molecule has 0 atom stereocenters. The Hall–Kier alpha value is -2.40. The average molecular weight is 434 g/mol. The summed E-state index contributed by atoms with van der Waals surface area (Å²) in [6, 6.07) is 14.9. The quantitative estimate of drug-likeness (QED) is 0.390. The van der Waals surface area contributed by atoms with E-state index in [-0.39, 0.29) is 26.5 Å². The van der Waals surface area contributed by atoms with Crippen LogP contribution in [0.5, 0.6) is 5.75 Å². The highest BCUT2D eigenvalue weighted by Crippen LogP contribution is 2.45. The molecule has 7 heteroatoms. The fraction of sp³-hybridized carbons (Fsp3) is 0.0952. The number of benzene rings is 3. The Morgan fingerprint density at radius 3 is 1.61 bits per heavy atom. The number of fused-ring (bicyclic) bond motifs is 1. The maximum absolute atomic E-state index is 13.6. The predicted octanol–water partition coefficient (Wildman–Crippen LogP) is 6.06. The van der Waals surface area contributed by atoms with Crippen molar-refractivity contribution in [2.24, 2.45) is 0 Å². The number of aromatic hydroxyl groups is 1. The molecule has 4 rings (SSSR count). The molecule has 1 heterocycles. The zero-order valence-electron chi connectivity index (χ0n) is 15.0. The third kappa shape index (κ3) is 2.64. The Morgan fingerprint density at radius 2 is 1.14 bits per heavy atom. The van der Waals surface area contributed by atoms with Gasteiger partial charge in [-0.05, 0) is 37.1 Å². The smallest absolute Gasteiger partial charge is 0.338 e. The molecule has 142 valence electrons. The SMILES string of the molecule is Cc1ccccc1-n1c(=O)n(-c2ccccc2C)c2c(Cl)c(Cl)c(O)c(Cl)c21. The van der Waals surface area contributed by atoms with Crippen LogP contribution in [0.3, 0.4) is 0 Å². The van der Waals surface area contributed by atoms with E-state index in [0.717, 1.165) is 11.1 Å². The molecule has 0 fully saturated rings. The molecule has 28 heavy (non-hydrogen) atoms. The second kappa shape index (κ2) is 6.89. The fourth-order valence-corrected chi connectivity index (χ4v) is 4.16. The number of phenols is 1. The van der Waals surface area contributed by atoms with E-state index >= 15 is 0 Å². The second-order valence-electron chi connectivity index (χ2n) is 6.51. The molecule has 0 saturated carbocycles. The Bertz CT molecular complexity index is 1210. The summed E-state index contributed by atoms with van der Waals surface area (Å²) in [5.74, 6) is -0.356. The summed E-state index contributed by atoms with van der Waals surface area (Å²) in [7, 11) is 0. The van der Waals surface area contributed by atoms with Gasteiger partial charge in [0.2, 0.25) is 0 Å². The minimum absolute atomic E-state index is 0.0305. The summed E-state index contributed by atoms with van der Waals surface area (Å²) in [5.41, 5.74) is 3.34. The van der Waals surface area contributed by atoms with Crippen LogP contribution in [0.15, 0.2) is 53.3 Å². The van der Waals surface area contributed by atoms with Gasteiger partial charge in [-0.1, -0.05) is 71.2 Å². The molecule has 4 nitrogen and oxygen atoms in total. The molecular weight excluding hydrogens is 419 g/mol. The minimum Gasteiger partial charge on any atom is -0.505 e. The number of phenolic OH excluding ortho intramolecular Hbond substituents is 1. The van der Waals surface area contributed by atoms with Gasteiger partial charge in [-0.15, -0.1) is 0 Å². The lowest BCUT2D eigenvalue weighted by Crippen LogP contribution is -2.23. The van der Waals surface area contributed by atoms with Crippen molar-refractivity contribution in [2.45, 2.75) is 13.8 Å². The van der Waals surface area contributed by atoms with Gasteiger partial charge in [0.25, 0.3) is 0 Å². The maximum Gasteiger partial charge on any atom is 0.338 e. The van der Waals surface area contributed by atoms with Crippen LogP contribution in [-0.2, 0) is 0 Å². The number of nitrogens with zero attached hydrogens (tertiary/aromatic N) is 2. The summed E-state index contributed by atoms with van der Waals surface area (Å²) >= 11 is 19.2. The molecule has 0 spiro atoms. The van der Waals surface area contributed by atoms with Crippen LogP contribution >= 0.6 is 34.8 Å². The van der Waals surface area contributed by atoms with Crippen molar-refractivity contribution in [2.75, 3.05) is 0 Å². The zero-order chi connectivity index (χ0) is 20.2. The number of hydrogen-bond acceptors (Lipinski definition) is 2. The van der Waals surface area contributed by atoms with Gasteiger partial charge in [0.15, 0.2) is 5.75 Å². The van der Waals surface area contributed by atoms with E-state index < -0.39 is 0 Å². The van der Waals surface area contributed by atoms with Crippen molar-refractivity contribution in [3.63, 3.8) is 0 Å². The molecule has 0 amide bonds. The lowest BCUT2D eigenvalue weighted by molar-refractivity contribution is 0.476. The normalized spacial score (nSPS) is 11.3. The maximum atomic E-state index is 13.6. The molecule has 3 aromatic carbocycles. The lowest BCUT2D eigenvalue weighted by Gasteiger charge is -2.11. The van der Waals surface area contributed by atoms with Gasteiger partial charge < -0.3 is 5.11 Å². The molecule has 4 aromatic rings. The summed E-state index contributed by atoms with van der Waals surface area (Å²) in [6.07, 6.45) is 0. The summed E-state index contributed by atoms with van der Waals surface area (Å²) < 4.78 is 2.94. The van der Waals surface area contributed by atoms with Gasteiger partial charge in [-0.2, -0.15) is 0 Å². The molecule has 0 unspecified atom stereocenters. The minimum atomic E-state index is -0.357. The van der Waals surface area contributed by atoms with Crippen molar-refractivity contribution < 1.29 is 5.11 Å². The molecule has 0 aliphatic rings. The topological polar surface area (TPSA) is 47.2 Å². The standard InChI is InChI=1S/C21H15Cl3N2O2/c1-11-7-3-5-9-13(11)25-18-15(22)16(23)20(27)17(24)19(18)26(21(25)28)14-10-6-4-8-12(14)2/h3-10,27H,1-2H3. The van der Waals surface area contributed by atoms with Crippen molar-refractivity contribution >= 4 is 45.8 Å². The third-order valence-electron chi connectivity index (χ3n) is 4.79. The van der Waals surface area contributed by atoms with Gasteiger partial charge in [0.1, 0.15) is 10.0 Å². The Kier molecular flexibility index (Phi) is 4.66. The number of aryl methyl sites for hydroxylation is 2. The fourth-order valence-electron chi connectivity index (χ4n) is 3.40. The van der Waals surface area contributed by atoms with E-state index in [1.54, 1.807) is 0 Å². The Morgan fingerprint density at radius 1 is 0.714 bits per heavy atom. The number of imidazole rings is 1. The van der Waals surface area contributed by atoms with Crippen LogP contribution < -0.4 is 5.69 Å². The summed E-state index contributed by atoms with van der Waals surface area (Å²) in [5, 5.41) is 10.3. The van der Waals surface area contributed by atoms with Crippen molar-refractivity contribution in [1.82, 2.24) is 9.13 Å². The molecule has 1 aromatic heterocycles. The molecule has 0 aliphatic carbocycles. The number of rotatable bonds is 2.